The molecule has 0 bridgehead atoms. The van der Waals surface area contributed by atoms with Crippen LogP contribution in [0.4, 0.5) is 11.4 Å². The molecule has 0 aliphatic rings. The fourth-order valence-corrected chi connectivity index (χ4v) is 3.05. The molecule has 0 unspecified atom stereocenters. The summed E-state index contributed by atoms with van der Waals surface area (Å²) in [6, 6.07) is 13.8. The highest BCUT2D eigenvalue weighted by molar-refractivity contribution is 6.08. The van der Waals surface area contributed by atoms with E-state index >= 15 is 0 Å². The van der Waals surface area contributed by atoms with Crippen molar-refractivity contribution in [2.24, 2.45) is 0 Å². The van der Waals surface area contributed by atoms with E-state index in [0.717, 1.165) is 16.5 Å². The third-order valence-corrected chi connectivity index (χ3v) is 4.32. The second kappa shape index (κ2) is 6.45. The molecule has 0 radical (unpaired) electrons. The molecule has 2 aromatic heterocycles. The van der Waals surface area contributed by atoms with E-state index in [0.29, 0.717) is 22.6 Å². The Kier molecular flexibility index (Phi) is 3.97. The minimum Gasteiger partial charge on any atom is -0.399 e. The average molecular weight is 359 g/mol. The zero-order valence-corrected chi connectivity index (χ0v) is 14.6. The van der Waals surface area contributed by atoms with Crippen LogP contribution in [0.5, 0.6) is 0 Å². The SMILES string of the molecule is Cc1cc(=O)[nH]c2ccc(NC(=O)c3cc(N)ccc3-n3cccn3)cc12. The first-order valence-corrected chi connectivity index (χ1v) is 8.36. The van der Waals surface area contributed by atoms with E-state index in [1.54, 1.807) is 53.5 Å². The highest BCUT2D eigenvalue weighted by Crippen LogP contribution is 2.22. The van der Waals surface area contributed by atoms with Gasteiger partial charge in [0.25, 0.3) is 5.91 Å². The number of nitrogens with zero attached hydrogens (tertiary/aromatic N) is 2. The van der Waals surface area contributed by atoms with Gasteiger partial charge in [-0.25, -0.2) is 4.68 Å². The first kappa shape index (κ1) is 16.6. The van der Waals surface area contributed by atoms with E-state index < -0.39 is 0 Å². The number of nitrogens with two attached hydrogens (primary N) is 1. The van der Waals surface area contributed by atoms with Gasteiger partial charge in [0.15, 0.2) is 0 Å². The molecular formula is C20H17N5O2. The van der Waals surface area contributed by atoms with E-state index in [4.69, 9.17) is 5.73 Å². The van der Waals surface area contributed by atoms with Gasteiger partial charge >= 0.3 is 0 Å². The molecule has 27 heavy (non-hydrogen) atoms. The van der Waals surface area contributed by atoms with Crippen LogP contribution in [-0.2, 0) is 0 Å². The number of fused-ring (bicyclic) bond motifs is 1. The number of H-pyrrole nitrogens is 1. The number of hydrogen-bond donors (Lipinski definition) is 3. The largest absolute Gasteiger partial charge is 0.399 e. The highest BCUT2D eigenvalue weighted by atomic mass is 16.1. The van der Waals surface area contributed by atoms with Crippen LogP contribution in [0.15, 0.2) is 65.7 Å². The fourth-order valence-electron chi connectivity index (χ4n) is 3.05. The summed E-state index contributed by atoms with van der Waals surface area (Å²) in [7, 11) is 0. The molecule has 7 heteroatoms. The third-order valence-electron chi connectivity index (χ3n) is 4.32. The molecule has 0 fully saturated rings. The van der Waals surface area contributed by atoms with Crippen molar-refractivity contribution in [3.8, 4) is 5.69 Å². The predicted octanol–water partition coefficient (Wildman–Crippen LogP) is 2.86. The van der Waals surface area contributed by atoms with Crippen LogP contribution in [-0.4, -0.2) is 20.7 Å². The van der Waals surface area contributed by atoms with Crippen LogP contribution >= 0.6 is 0 Å². The van der Waals surface area contributed by atoms with Gasteiger partial charge in [0.05, 0.1) is 11.3 Å². The second-order valence-corrected chi connectivity index (χ2v) is 6.26. The van der Waals surface area contributed by atoms with Gasteiger partial charge in [-0.3, -0.25) is 9.59 Å². The van der Waals surface area contributed by atoms with Crippen LogP contribution in [0, 0.1) is 6.92 Å². The molecular weight excluding hydrogens is 342 g/mol. The topological polar surface area (TPSA) is 106 Å². The fraction of sp³-hybridized carbons (Fsp3) is 0.0500. The van der Waals surface area contributed by atoms with Gasteiger partial charge in [0, 0.05) is 40.7 Å². The monoisotopic (exact) mass is 359 g/mol. The summed E-state index contributed by atoms with van der Waals surface area (Å²) in [5.74, 6) is -0.297. The van der Waals surface area contributed by atoms with Gasteiger partial charge in [-0.2, -0.15) is 5.10 Å². The minimum atomic E-state index is -0.297. The number of amides is 1. The van der Waals surface area contributed by atoms with Gasteiger partial charge in [-0.15, -0.1) is 0 Å². The summed E-state index contributed by atoms with van der Waals surface area (Å²) in [4.78, 5) is 27.3. The first-order valence-electron chi connectivity index (χ1n) is 8.36. The van der Waals surface area contributed by atoms with E-state index in [9.17, 15) is 9.59 Å². The standard InChI is InChI=1S/C20H17N5O2/c1-12-9-19(26)24-17-5-4-14(11-15(12)17)23-20(27)16-10-13(21)3-6-18(16)25-8-2-7-22-25/h2-11H,21H2,1H3,(H,23,27)(H,24,26). The van der Waals surface area contributed by atoms with Crippen LogP contribution < -0.4 is 16.6 Å². The van der Waals surface area contributed by atoms with E-state index in [-0.39, 0.29) is 11.5 Å². The van der Waals surface area contributed by atoms with Crippen molar-refractivity contribution in [2.75, 3.05) is 11.1 Å². The Morgan fingerprint density at radius 1 is 1.19 bits per heavy atom. The van der Waals surface area contributed by atoms with Crippen molar-refractivity contribution < 1.29 is 4.79 Å². The molecule has 4 N–H and O–H groups in total. The molecule has 0 aliphatic heterocycles. The van der Waals surface area contributed by atoms with Crippen LogP contribution in [0.2, 0.25) is 0 Å². The molecule has 2 aromatic carbocycles. The van der Waals surface area contributed by atoms with Crippen molar-refractivity contribution in [3.63, 3.8) is 0 Å². The number of carbonyl (C=O) groups is 1. The molecule has 4 rings (SSSR count). The van der Waals surface area contributed by atoms with Gasteiger partial charge in [-0.05, 0) is 55.0 Å². The average Bonchev–Trinajstić information content (AvgIpc) is 3.16. The van der Waals surface area contributed by atoms with Crippen LogP contribution in [0.1, 0.15) is 15.9 Å². The lowest BCUT2D eigenvalue weighted by atomic mass is 10.1. The summed E-state index contributed by atoms with van der Waals surface area (Å²) in [6.07, 6.45) is 3.41. The predicted molar refractivity (Wildman–Crippen MR) is 105 cm³/mol. The molecule has 0 saturated carbocycles. The van der Waals surface area contributed by atoms with Gasteiger partial charge in [0.1, 0.15) is 0 Å². The summed E-state index contributed by atoms with van der Waals surface area (Å²) < 4.78 is 1.61. The highest BCUT2D eigenvalue weighted by Gasteiger charge is 2.14. The molecule has 0 atom stereocenters. The Balaban J connectivity index is 1.72. The maximum atomic E-state index is 12.9. The van der Waals surface area contributed by atoms with Crippen molar-refractivity contribution in [1.82, 2.24) is 14.8 Å². The number of nitrogens with one attached hydrogen (secondary N) is 2. The van der Waals surface area contributed by atoms with Crippen molar-refractivity contribution in [3.05, 3.63) is 82.4 Å². The maximum absolute atomic E-state index is 12.9. The lowest BCUT2D eigenvalue weighted by Crippen LogP contribution is -2.16. The zero-order valence-electron chi connectivity index (χ0n) is 14.6. The summed E-state index contributed by atoms with van der Waals surface area (Å²) in [6.45, 7) is 1.86. The van der Waals surface area contributed by atoms with Gasteiger partial charge < -0.3 is 16.0 Å². The minimum absolute atomic E-state index is 0.152. The summed E-state index contributed by atoms with van der Waals surface area (Å²) in [5.41, 5.74) is 9.44. The smallest absolute Gasteiger partial charge is 0.257 e. The Morgan fingerprint density at radius 3 is 2.81 bits per heavy atom. The lowest BCUT2D eigenvalue weighted by Gasteiger charge is -2.12. The number of pyridine rings is 1. The van der Waals surface area contributed by atoms with Crippen LogP contribution in [0.25, 0.3) is 16.6 Å². The molecule has 0 saturated heterocycles. The molecule has 1 amide bonds. The Morgan fingerprint density at radius 2 is 2.04 bits per heavy atom. The number of benzene rings is 2. The summed E-state index contributed by atoms with van der Waals surface area (Å²) >= 11 is 0. The number of carbonyl (C=O) groups excluding carboxylic acids is 1. The van der Waals surface area contributed by atoms with E-state index in [1.165, 1.54) is 6.07 Å². The molecule has 0 spiro atoms. The zero-order chi connectivity index (χ0) is 19.0. The molecule has 2 heterocycles. The van der Waals surface area contributed by atoms with Crippen molar-refractivity contribution in [1.29, 1.82) is 0 Å². The van der Waals surface area contributed by atoms with Crippen molar-refractivity contribution >= 4 is 28.2 Å². The number of nitrogen functional groups attached to an aromatic ring is 1. The normalized spacial score (nSPS) is 10.9. The molecule has 0 aliphatic carbocycles. The number of hydrogen-bond acceptors (Lipinski definition) is 4. The Hall–Kier alpha value is -3.87. The number of aromatic nitrogens is 3. The first-order chi connectivity index (χ1) is 13.0. The third kappa shape index (κ3) is 3.18. The summed E-state index contributed by atoms with van der Waals surface area (Å²) in [5, 5.41) is 7.95. The Bertz CT molecular complexity index is 1210. The van der Waals surface area contributed by atoms with Gasteiger partial charge in [0.2, 0.25) is 5.56 Å². The van der Waals surface area contributed by atoms with Crippen molar-refractivity contribution in [2.45, 2.75) is 6.92 Å². The number of rotatable bonds is 3. The maximum Gasteiger partial charge on any atom is 0.257 e. The number of aromatic amines is 1. The quantitative estimate of drug-likeness (QED) is 0.489. The van der Waals surface area contributed by atoms with E-state index in [1.807, 2.05) is 13.0 Å². The lowest BCUT2D eigenvalue weighted by molar-refractivity contribution is 0.102. The second-order valence-electron chi connectivity index (χ2n) is 6.26. The molecule has 134 valence electrons. The number of aryl methyl sites for hydroxylation is 1. The van der Waals surface area contributed by atoms with Gasteiger partial charge in [-0.1, -0.05) is 0 Å². The Labute approximate surface area is 154 Å². The molecule has 7 nitrogen and oxygen atoms in total. The van der Waals surface area contributed by atoms with E-state index in [2.05, 4.69) is 15.4 Å². The molecule has 4 aromatic rings. The number of anilines is 2. The van der Waals surface area contributed by atoms with Crippen LogP contribution in [0.3, 0.4) is 0 Å².